The molecular weight excluding hydrogens is 437 g/mol. The van der Waals surface area contributed by atoms with Crippen LogP contribution >= 0.6 is 0 Å². The number of aromatic nitrogens is 2. The number of ether oxygens (including phenoxy) is 2. The number of nitrogen functional groups attached to an aromatic ring is 1. The number of anilines is 2. The number of aryl methyl sites for hydroxylation is 1. The van der Waals surface area contributed by atoms with Gasteiger partial charge in [0.1, 0.15) is 11.3 Å². The van der Waals surface area contributed by atoms with Gasteiger partial charge in [-0.05, 0) is 31.4 Å². The Kier molecular flexibility index (Phi) is 7.00. The summed E-state index contributed by atoms with van der Waals surface area (Å²) in [6.07, 6.45) is 2.20. The van der Waals surface area contributed by atoms with Gasteiger partial charge in [0.2, 0.25) is 11.9 Å². The molecule has 1 saturated heterocycles. The minimum Gasteiger partial charge on any atom is -0.493 e. The summed E-state index contributed by atoms with van der Waals surface area (Å²) in [6, 6.07) is 11.7. The molecule has 9 heteroatoms. The number of carbonyl (C=O) groups excluding carboxylic acids is 1. The summed E-state index contributed by atoms with van der Waals surface area (Å²) < 4.78 is 25.5. The zero-order valence-electron chi connectivity index (χ0n) is 19.8. The average molecular weight is 468 g/mol. The van der Waals surface area contributed by atoms with Gasteiger partial charge in [-0.2, -0.15) is 4.98 Å². The molecule has 0 bridgehead atoms. The lowest BCUT2D eigenvalue weighted by Crippen LogP contribution is -2.54. The Morgan fingerprint density at radius 2 is 1.94 bits per heavy atom. The van der Waals surface area contributed by atoms with Crippen molar-refractivity contribution in [3.05, 3.63) is 47.8 Å². The van der Waals surface area contributed by atoms with Crippen LogP contribution in [0.4, 0.5) is 16.2 Å². The van der Waals surface area contributed by atoms with Gasteiger partial charge in [-0.25, -0.2) is 9.37 Å². The number of benzene rings is 2. The summed E-state index contributed by atoms with van der Waals surface area (Å²) in [4.78, 5) is 25.5. The first-order valence-electron chi connectivity index (χ1n) is 11.4. The van der Waals surface area contributed by atoms with E-state index in [0.717, 1.165) is 12.8 Å². The van der Waals surface area contributed by atoms with E-state index in [1.54, 1.807) is 6.07 Å². The number of halogens is 1. The number of hydrogen-bond donors (Lipinski definition) is 1. The van der Waals surface area contributed by atoms with Crippen molar-refractivity contribution < 1.29 is 18.7 Å². The summed E-state index contributed by atoms with van der Waals surface area (Å²) >= 11 is 0. The molecule has 2 heterocycles. The van der Waals surface area contributed by atoms with Crippen LogP contribution in [0.1, 0.15) is 25.3 Å². The molecule has 3 aromatic rings. The molecule has 1 fully saturated rings. The summed E-state index contributed by atoms with van der Waals surface area (Å²) in [6.45, 7) is 3.62. The van der Waals surface area contributed by atoms with Gasteiger partial charge in [-0.15, -0.1) is 0 Å². The number of nitrogens with two attached hydrogens (primary N) is 1. The molecular formula is C25H30FN5O3. The number of fused-ring (bicyclic) bond motifs is 1. The fourth-order valence-corrected chi connectivity index (χ4v) is 4.39. The van der Waals surface area contributed by atoms with E-state index in [1.807, 2.05) is 34.9 Å². The molecule has 1 atom stereocenters. The van der Waals surface area contributed by atoms with Crippen molar-refractivity contribution in [3.8, 4) is 11.5 Å². The Bertz CT molecular complexity index is 1170. The molecule has 0 saturated carbocycles. The first-order valence-corrected chi connectivity index (χ1v) is 11.4. The second kappa shape index (κ2) is 10.1. The molecule has 2 aromatic carbocycles. The minimum atomic E-state index is -0.646. The molecule has 0 unspecified atom stereocenters. The molecule has 0 spiro atoms. The number of nitrogens with zero attached hydrogens (tertiary/aromatic N) is 4. The van der Waals surface area contributed by atoms with Gasteiger partial charge in [0, 0.05) is 37.5 Å². The van der Waals surface area contributed by atoms with Crippen molar-refractivity contribution in [2.24, 2.45) is 0 Å². The van der Waals surface area contributed by atoms with Crippen LogP contribution < -0.4 is 20.1 Å². The maximum atomic E-state index is 15.1. The Morgan fingerprint density at radius 1 is 1.18 bits per heavy atom. The summed E-state index contributed by atoms with van der Waals surface area (Å²) in [5.74, 6) is 0.184. The second-order valence-electron chi connectivity index (χ2n) is 8.45. The molecule has 8 nitrogen and oxygen atoms in total. The Balaban J connectivity index is 1.46. The van der Waals surface area contributed by atoms with Crippen LogP contribution in [0.3, 0.4) is 0 Å². The number of amides is 1. The van der Waals surface area contributed by atoms with Crippen LogP contribution in [0.5, 0.6) is 11.5 Å². The fraction of sp³-hybridized carbons (Fsp3) is 0.400. The van der Waals surface area contributed by atoms with Crippen LogP contribution in [-0.4, -0.2) is 60.7 Å². The molecule has 1 amide bonds. The molecule has 2 N–H and O–H groups in total. The highest BCUT2D eigenvalue weighted by atomic mass is 19.1. The number of hydrogen-bond acceptors (Lipinski definition) is 7. The molecule has 1 aliphatic rings. The molecule has 4 rings (SSSR count). The predicted molar refractivity (Wildman–Crippen MR) is 130 cm³/mol. The van der Waals surface area contributed by atoms with Gasteiger partial charge in [0.25, 0.3) is 0 Å². The topological polar surface area (TPSA) is 93.8 Å². The summed E-state index contributed by atoms with van der Waals surface area (Å²) in [7, 11) is 2.80. The van der Waals surface area contributed by atoms with E-state index in [0.29, 0.717) is 37.4 Å². The number of carbonyl (C=O) groups is 1. The Labute approximate surface area is 198 Å². The van der Waals surface area contributed by atoms with Gasteiger partial charge in [0.05, 0.1) is 14.2 Å². The molecule has 1 aliphatic heterocycles. The van der Waals surface area contributed by atoms with Crippen molar-refractivity contribution in [2.75, 3.05) is 44.5 Å². The number of rotatable bonds is 7. The van der Waals surface area contributed by atoms with Gasteiger partial charge in [-0.3, -0.25) is 4.79 Å². The number of methoxy groups -OCH3 is 2. The fourth-order valence-electron chi connectivity index (χ4n) is 4.39. The maximum absolute atomic E-state index is 15.1. The summed E-state index contributed by atoms with van der Waals surface area (Å²) in [5.41, 5.74) is 7.48. The molecule has 0 radical (unpaired) electrons. The monoisotopic (exact) mass is 467 g/mol. The van der Waals surface area contributed by atoms with E-state index in [1.165, 1.54) is 19.8 Å². The van der Waals surface area contributed by atoms with Crippen molar-refractivity contribution in [1.29, 1.82) is 0 Å². The van der Waals surface area contributed by atoms with Crippen LogP contribution in [0.2, 0.25) is 0 Å². The Hall–Kier alpha value is -3.62. The lowest BCUT2D eigenvalue weighted by atomic mass is 10.1. The molecule has 34 heavy (non-hydrogen) atoms. The zero-order valence-corrected chi connectivity index (χ0v) is 19.8. The SMILES string of the molecule is COc1cc2c(N)nc(N3CCN(C(=O)CCCc4ccccc4)C[C@@H]3C)nc2c(F)c1OC. The van der Waals surface area contributed by atoms with Crippen LogP contribution in [-0.2, 0) is 11.2 Å². The summed E-state index contributed by atoms with van der Waals surface area (Å²) in [5, 5.41) is 0.360. The standard InChI is InChI=1S/C25H30FN5O3/c1-16-15-30(20(32)11-7-10-17-8-5-4-6-9-17)12-13-31(16)25-28-22-18(24(27)29-25)14-19(33-2)23(34-3)21(22)26/h4-6,8-9,14,16H,7,10-13,15H2,1-3H3,(H2,27,28,29)/t16-/m0/s1. The average Bonchev–Trinajstić information content (AvgIpc) is 2.84. The second-order valence-corrected chi connectivity index (χ2v) is 8.45. The van der Waals surface area contributed by atoms with Gasteiger partial charge in [0.15, 0.2) is 17.3 Å². The quantitative estimate of drug-likeness (QED) is 0.569. The highest BCUT2D eigenvalue weighted by molar-refractivity contribution is 5.92. The van der Waals surface area contributed by atoms with Crippen LogP contribution in [0, 0.1) is 5.82 Å². The predicted octanol–water partition coefficient (Wildman–Crippen LogP) is 3.43. The van der Waals surface area contributed by atoms with Gasteiger partial charge < -0.3 is 25.0 Å². The van der Waals surface area contributed by atoms with Crippen LogP contribution in [0.15, 0.2) is 36.4 Å². The van der Waals surface area contributed by atoms with Crippen molar-refractivity contribution in [1.82, 2.24) is 14.9 Å². The van der Waals surface area contributed by atoms with Crippen molar-refractivity contribution >= 4 is 28.6 Å². The highest BCUT2D eigenvalue weighted by Gasteiger charge is 2.29. The largest absolute Gasteiger partial charge is 0.493 e. The maximum Gasteiger partial charge on any atom is 0.228 e. The number of piperazine rings is 1. The van der Waals surface area contributed by atoms with E-state index in [-0.39, 0.29) is 34.8 Å². The lowest BCUT2D eigenvalue weighted by molar-refractivity contribution is -0.132. The molecule has 0 aliphatic carbocycles. The third-order valence-electron chi connectivity index (χ3n) is 6.23. The van der Waals surface area contributed by atoms with Gasteiger partial charge >= 0.3 is 0 Å². The molecule has 1 aromatic heterocycles. The zero-order chi connectivity index (χ0) is 24.2. The first-order chi connectivity index (χ1) is 16.4. The van der Waals surface area contributed by atoms with E-state index < -0.39 is 5.82 Å². The highest BCUT2D eigenvalue weighted by Crippen LogP contribution is 2.37. The molecule has 180 valence electrons. The third kappa shape index (κ3) is 4.69. The first kappa shape index (κ1) is 23.5. The minimum absolute atomic E-state index is 0.0296. The van der Waals surface area contributed by atoms with E-state index in [9.17, 15) is 4.79 Å². The van der Waals surface area contributed by atoms with Crippen molar-refractivity contribution in [3.63, 3.8) is 0 Å². The van der Waals surface area contributed by atoms with E-state index >= 15 is 4.39 Å². The third-order valence-corrected chi connectivity index (χ3v) is 6.23. The normalized spacial score (nSPS) is 16.1. The van der Waals surface area contributed by atoms with E-state index in [2.05, 4.69) is 22.1 Å². The van der Waals surface area contributed by atoms with E-state index in [4.69, 9.17) is 15.2 Å². The van der Waals surface area contributed by atoms with Crippen LogP contribution in [0.25, 0.3) is 10.9 Å². The van der Waals surface area contributed by atoms with Gasteiger partial charge in [-0.1, -0.05) is 30.3 Å². The Morgan fingerprint density at radius 3 is 2.62 bits per heavy atom. The lowest BCUT2D eigenvalue weighted by Gasteiger charge is -2.40. The van der Waals surface area contributed by atoms with Crippen molar-refractivity contribution in [2.45, 2.75) is 32.2 Å². The smallest absolute Gasteiger partial charge is 0.228 e.